The summed E-state index contributed by atoms with van der Waals surface area (Å²) in [6.07, 6.45) is 13.9. The largest absolute Gasteiger partial charge is 0.490 e. The molecule has 0 saturated heterocycles. The third kappa shape index (κ3) is 2.77. The van der Waals surface area contributed by atoms with Crippen molar-refractivity contribution in [2.24, 2.45) is 11.8 Å². The molecular formula is C23H28O3. The Morgan fingerprint density at radius 1 is 0.923 bits per heavy atom. The topological polar surface area (TPSA) is 38.7 Å². The normalized spacial score (nSPS) is 30.4. The lowest BCUT2D eigenvalue weighted by atomic mass is 9.69. The first-order chi connectivity index (χ1) is 12.8. The van der Waals surface area contributed by atoms with E-state index in [0.717, 1.165) is 17.9 Å². The maximum atomic E-state index is 10.2. The highest BCUT2D eigenvalue weighted by Crippen LogP contribution is 2.49. The Hall–Kier alpha value is -1.74. The summed E-state index contributed by atoms with van der Waals surface area (Å²) in [6, 6.07) is 4.38. The van der Waals surface area contributed by atoms with Crippen LogP contribution in [-0.2, 0) is 17.6 Å². The number of hydrogen-bond donors (Lipinski definition) is 1. The van der Waals surface area contributed by atoms with Gasteiger partial charge in [-0.05, 0) is 73.6 Å². The molecule has 0 bridgehead atoms. The lowest BCUT2D eigenvalue weighted by Crippen LogP contribution is -2.25. The Balaban J connectivity index is 1.72. The summed E-state index contributed by atoms with van der Waals surface area (Å²) in [4.78, 5) is 0. The molecule has 1 N–H and O–H groups in total. The highest BCUT2D eigenvalue weighted by Gasteiger charge is 2.36. The molecule has 3 aliphatic carbocycles. The third-order valence-electron chi connectivity index (χ3n) is 6.58. The number of fused-ring (bicyclic) bond motifs is 6. The summed E-state index contributed by atoms with van der Waals surface area (Å²) < 4.78 is 12.3. The minimum Gasteiger partial charge on any atom is -0.490 e. The molecule has 1 saturated carbocycles. The van der Waals surface area contributed by atoms with E-state index >= 15 is 0 Å². The van der Waals surface area contributed by atoms with E-state index < -0.39 is 6.10 Å². The molecule has 5 rings (SSSR count). The van der Waals surface area contributed by atoms with Crippen molar-refractivity contribution in [3.8, 4) is 5.75 Å². The molecule has 0 aromatic heterocycles. The summed E-state index contributed by atoms with van der Waals surface area (Å²) >= 11 is 0. The van der Waals surface area contributed by atoms with Crippen LogP contribution in [0.4, 0.5) is 0 Å². The molecule has 3 nitrogen and oxygen atoms in total. The summed E-state index contributed by atoms with van der Waals surface area (Å²) in [7, 11) is 0. The fraction of sp³-hybridized carbons (Fsp3) is 0.565. The van der Waals surface area contributed by atoms with Gasteiger partial charge in [-0.2, -0.15) is 0 Å². The van der Waals surface area contributed by atoms with Crippen molar-refractivity contribution in [2.45, 2.75) is 57.5 Å². The van der Waals surface area contributed by atoms with Gasteiger partial charge in [0.15, 0.2) is 0 Å². The number of benzene rings is 1. The van der Waals surface area contributed by atoms with E-state index in [9.17, 15) is 5.11 Å². The molecule has 1 fully saturated rings. The minimum atomic E-state index is -0.594. The van der Waals surface area contributed by atoms with E-state index in [1.54, 1.807) is 0 Å². The fourth-order valence-electron chi connectivity index (χ4n) is 5.31. The summed E-state index contributed by atoms with van der Waals surface area (Å²) in [6.45, 7) is 0.598. The van der Waals surface area contributed by atoms with Gasteiger partial charge in [0.1, 0.15) is 30.8 Å². The zero-order chi connectivity index (χ0) is 17.5. The quantitative estimate of drug-likeness (QED) is 0.751. The molecule has 138 valence electrons. The van der Waals surface area contributed by atoms with Gasteiger partial charge in [0.2, 0.25) is 0 Å². The average Bonchev–Trinajstić information content (AvgIpc) is 2.76. The number of allylic oxidation sites excluding steroid dienone is 3. The third-order valence-corrected chi connectivity index (χ3v) is 6.58. The lowest BCUT2D eigenvalue weighted by molar-refractivity contribution is 0.0417. The van der Waals surface area contributed by atoms with Crippen molar-refractivity contribution >= 4 is 5.57 Å². The SMILES string of the molecule is OC1COC2=C(c3c(ccc4c3CCCC4)OC1)C1CCCCC1C=C2. The number of aryl methyl sites for hydroxylation is 1. The van der Waals surface area contributed by atoms with Gasteiger partial charge < -0.3 is 14.6 Å². The minimum absolute atomic E-state index is 0.296. The first kappa shape index (κ1) is 16.4. The molecule has 1 aromatic rings. The van der Waals surface area contributed by atoms with Crippen LogP contribution >= 0.6 is 0 Å². The molecule has 1 aliphatic heterocycles. The fourth-order valence-corrected chi connectivity index (χ4v) is 5.31. The van der Waals surface area contributed by atoms with Crippen LogP contribution in [0.5, 0.6) is 5.75 Å². The Morgan fingerprint density at radius 3 is 2.73 bits per heavy atom. The van der Waals surface area contributed by atoms with E-state index in [1.165, 1.54) is 67.2 Å². The monoisotopic (exact) mass is 352 g/mol. The van der Waals surface area contributed by atoms with Crippen molar-refractivity contribution < 1.29 is 14.6 Å². The summed E-state index contributed by atoms with van der Waals surface area (Å²) in [5.41, 5.74) is 5.61. The van der Waals surface area contributed by atoms with Gasteiger partial charge in [-0.25, -0.2) is 0 Å². The average molecular weight is 352 g/mol. The maximum Gasteiger partial charge on any atom is 0.127 e. The van der Waals surface area contributed by atoms with Crippen LogP contribution in [0.15, 0.2) is 30.0 Å². The Bertz CT molecular complexity index is 761. The van der Waals surface area contributed by atoms with E-state index in [2.05, 4.69) is 24.3 Å². The van der Waals surface area contributed by atoms with E-state index in [0.29, 0.717) is 25.0 Å². The second-order valence-corrected chi connectivity index (χ2v) is 8.25. The summed E-state index contributed by atoms with van der Waals surface area (Å²) in [5.74, 6) is 3.05. The number of aliphatic hydroxyl groups excluding tert-OH is 1. The van der Waals surface area contributed by atoms with Crippen LogP contribution in [0.25, 0.3) is 5.57 Å². The van der Waals surface area contributed by atoms with Gasteiger partial charge in [-0.15, -0.1) is 0 Å². The molecule has 0 spiro atoms. The maximum absolute atomic E-state index is 10.2. The van der Waals surface area contributed by atoms with Gasteiger partial charge in [0, 0.05) is 11.1 Å². The van der Waals surface area contributed by atoms with Crippen molar-refractivity contribution in [1.29, 1.82) is 0 Å². The first-order valence-electron chi connectivity index (χ1n) is 10.3. The lowest BCUT2D eigenvalue weighted by Gasteiger charge is -2.37. The van der Waals surface area contributed by atoms with E-state index in [4.69, 9.17) is 9.47 Å². The van der Waals surface area contributed by atoms with Crippen LogP contribution in [0.3, 0.4) is 0 Å². The Morgan fingerprint density at radius 2 is 1.77 bits per heavy atom. The zero-order valence-corrected chi connectivity index (χ0v) is 15.4. The van der Waals surface area contributed by atoms with Gasteiger partial charge in [0.25, 0.3) is 0 Å². The molecule has 0 amide bonds. The predicted molar refractivity (Wildman–Crippen MR) is 102 cm³/mol. The Labute approximate surface area is 155 Å². The van der Waals surface area contributed by atoms with Crippen LogP contribution in [-0.4, -0.2) is 24.4 Å². The zero-order valence-electron chi connectivity index (χ0n) is 15.4. The number of aliphatic hydroxyl groups is 1. The van der Waals surface area contributed by atoms with Crippen LogP contribution < -0.4 is 4.74 Å². The number of rotatable bonds is 0. The molecular weight excluding hydrogens is 324 g/mol. The van der Waals surface area contributed by atoms with E-state index in [-0.39, 0.29) is 0 Å². The van der Waals surface area contributed by atoms with Gasteiger partial charge >= 0.3 is 0 Å². The van der Waals surface area contributed by atoms with Gasteiger partial charge in [-0.3, -0.25) is 0 Å². The van der Waals surface area contributed by atoms with Gasteiger partial charge in [0.05, 0.1) is 0 Å². The van der Waals surface area contributed by atoms with Crippen molar-refractivity contribution in [1.82, 2.24) is 0 Å². The molecule has 3 heteroatoms. The van der Waals surface area contributed by atoms with Crippen LogP contribution in [0, 0.1) is 11.8 Å². The summed E-state index contributed by atoms with van der Waals surface area (Å²) in [5, 5.41) is 10.2. The van der Waals surface area contributed by atoms with Crippen LogP contribution in [0.1, 0.15) is 55.2 Å². The molecule has 3 unspecified atom stereocenters. The van der Waals surface area contributed by atoms with Crippen LogP contribution in [0.2, 0.25) is 0 Å². The van der Waals surface area contributed by atoms with Crippen molar-refractivity contribution in [2.75, 3.05) is 13.2 Å². The highest BCUT2D eigenvalue weighted by atomic mass is 16.5. The molecule has 0 radical (unpaired) electrons. The molecule has 26 heavy (non-hydrogen) atoms. The molecule has 1 heterocycles. The number of ether oxygens (including phenoxy) is 2. The van der Waals surface area contributed by atoms with Crippen molar-refractivity contribution in [3.05, 3.63) is 46.7 Å². The van der Waals surface area contributed by atoms with E-state index in [1.807, 2.05) is 0 Å². The van der Waals surface area contributed by atoms with Gasteiger partial charge in [-0.1, -0.05) is 25.0 Å². The molecule has 4 aliphatic rings. The number of hydrogen-bond acceptors (Lipinski definition) is 3. The standard InChI is InChI=1S/C23H28O3/c24-17-13-25-20-11-9-15-5-1-3-7-18(15)22(20)23-19-8-4-2-6-16(19)10-12-21(23)26-14-17/h9-12,15,17-18,24H,1-8,13-14H2. The molecule has 3 atom stereocenters. The smallest absolute Gasteiger partial charge is 0.127 e. The van der Waals surface area contributed by atoms with Crippen molar-refractivity contribution in [3.63, 3.8) is 0 Å². The predicted octanol–water partition coefficient (Wildman–Crippen LogP) is 4.42. The molecule has 1 aromatic carbocycles. The first-order valence-corrected chi connectivity index (χ1v) is 10.3. The second-order valence-electron chi connectivity index (χ2n) is 8.25. The Kier molecular flexibility index (Phi) is 4.28. The second kappa shape index (κ2) is 6.77. The highest BCUT2D eigenvalue weighted by molar-refractivity contribution is 5.80.